The third-order valence-electron chi connectivity index (χ3n) is 2.91. The Labute approximate surface area is 98.7 Å². The van der Waals surface area contributed by atoms with Gasteiger partial charge in [-0.2, -0.15) is 0 Å². The molecule has 0 fully saturated rings. The topological polar surface area (TPSA) is 42.1 Å². The summed E-state index contributed by atoms with van der Waals surface area (Å²) in [5, 5.41) is 0. The normalized spacial score (nSPS) is 15.1. The third-order valence-corrected chi connectivity index (χ3v) is 2.91. The molecule has 1 aromatic heterocycles. The lowest BCUT2D eigenvalue weighted by Gasteiger charge is -2.25. The van der Waals surface area contributed by atoms with Gasteiger partial charge in [0.25, 0.3) is 0 Å². The minimum Gasteiger partial charge on any atom is -0.328 e. The maximum absolute atomic E-state index is 5.80. The van der Waals surface area contributed by atoms with Crippen molar-refractivity contribution < 1.29 is 0 Å². The summed E-state index contributed by atoms with van der Waals surface area (Å²) in [5.41, 5.74) is 6.95. The van der Waals surface area contributed by atoms with Gasteiger partial charge < -0.3 is 10.6 Å². The van der Waals surface area contributed by atoms with Crippen molar-refractivity contribution in [1.82, 2.24) is 9.88 Å². The molecule has 0 aliphatic carbocycles. The van der Waals surface area contributed by atoms with Crippen LogP contribution in [0.1, 0.15) is 26.0 Å². The van der Waals surface area contributed by atoms with Crippen molar-refractivity contribution in [3.8, 4) is 0 Å². The Hall–Kier alpha value is -0.930. The molecule has 0 bridgehead atoms. The Kier molecular flexibility index (Phi) is 5.43. The fraction of sp³-hybridized carbons (Fsp3) is 0.615. The predicted octanol–water partition coefficient (Wildman–Crippen LogP) is 1.68. The van der Waals surface area contributed by atoms with Crippen LogP contribution in [0.25, 0.3) is 0 Å². The molecule has 0 amide bonds. The minimum atomic E-state index is 0.271. The van der Waals surface area contributed by atoms with Crippen LogP contribution in [0.4, 0.5) is 0 Å². The standard InChI is InChI=1S/C13H23N3/c1-11(14)10-12(2)16(3)9-7-13-6-4-5-8-15-13/h4-6,8,11-12H,7,9-10,14H2,1-3H3. The van der Waals surface area contributed by atoms with Crippen molar-refractivity contribution in [3.63, 3.8) is 0 Å². The SMILES string of the molecule is CC(N)CC(C)N(C)CCc1ccccn1. The maximum Gasteiger partial charge on any atom is 0.0416 e. The van der Waals surface area contributed by atoms with Gasteiger partial charge in [0.15, 0.2) is 0 Å². The quantitative estimate of drug-likeness (QED) is 0.794. The van der Waals surface area contributed by atoms with E-state index in [0.717, 1.165) is 25.1 Å². The van der Waals surface area contributed by atoms with Crippen LogP contribution < -0.4 is 5.73 Å². The molecular weight excluding hydrogens is 198 g/mol. The van der Waals surface area contributed by atoms with Gasteiger partial charge in [-0.3, -0.25) is 4.98 Å². The van der Waals surface area contributed by atoms with E-state index in [9.17, 15) is 0 Å². The average molecular weight is 221 g/mol. The number of nitrogens with two attached hydrogens (primary N) is 1. The molecule has 0 aromatic carbocycles. The van der Waals surface area contributed by atoms with Gasteiger partial charge in [0.2, 0.25) is 0 Å². The molecule has 90 valence electrons. The summed E-state index contributed by atoms with van der Waals surface area (Å²) in [5.74, 6) is 0. The number of hydrogen-bond donors (Lipinski definition) is 1. The molecule has 3 nitrogen and oxygen atoms in total. The minimum absolute atomic E-state index is 0.271. The number of likely N-dealkylation sites (N-methyl/N-ethyl adjacent to an activating group) is 1. The second kappa shape index (κ2) is 6.61. The lowest BCUT2D eigenvalue weighted by Crippen LogP contribution is -2.35. The van der Waals surface area contributed by atoms with Crippen molar-refractivity contribution >= 4 is 0 Å². The molecule has 3 heteroatoms. The maximum atomic E-state index is 5.80. The Bertz CT molecular complexity index is 284. The molecule has 2 atom stereocenters. The van der Waals surface area contributed by atoms with E-state index in [1.54, 1.807) is 0 Å². The highest BCUT2D eigenvalue weighted by Crippen LogP contribution is 2.05. The first-order valence-corrected chi connectivity index (χ1v) is 5.95. The zero-order valence-corrected chi connectivity index (χ0v) is 10.6. The number of pyridine rings is 1. The first-order valence-electron chi connectivity index (χ1n) is 5.95. The molecule has 0 radical (unpaired) electrons. The van der Waals surface area contributed by atoms with Gasteiger partial charge in [0.1, 0.15) is 0 Å². The van der Waals surface area contributed by atoms with E-state index >= 15 is 0 Å². The molecular formula is C13H23N3. The summed E-state index contributed by atoms with van der Waals surface area (Å²) in [7, 11) is 2.15. The fourth-order valence-electron chi connectivity index (χ4n) is 1.78. The van der Waals surface area contributed by atoms with Crippen molar-refractivity contribution in [3.05, 3.63) is 30.1 Å². The lowest BCUT2D eigenvalue weighted by atomic mass is 10.1. The lowest BCUT2D eigenvalue weighted by molar-refractivity contribution is 0.240. The van der Waals surface area contributed by atoms with Crippen LogP contribution in [0.2, 0.25) is 0 Å². The van der Waals surface area contributed by atoms with Gasteiger partial charge in [0.05, 0.1) is 0 Å². The molecule has 2 N–H and O–H groups in total. The van der Waals surface area contributed by atoms with E-state index in [4.69, 9.17) is 5.73 Å². The van der Waals surface area contributed by atoms with Crippen LogP contribution in [0.15, 0.2) is 24.4 Å². The summed E-state index contributed by atoms with van der Waals surface area (Å²) in [6, 6.07) is 6.86. The Morgan fingerprint density at radius 2 is 2.12 bits per heavy atom. The molecule has 1 rings (SSSR count). The van der Waals surface area contributed by atoms with Crippen LogP contribution >= 0.6 is 0 Å². The van der Waals surface area contributed by atoms with Gasteiger partial charge >= 0.3 is 0 Å². The summed E-state index contributed by atoms with van der Waals surface area (Å²) >= 11 is 0. The summed E-state index contributed by atoms with van der Waals surface area (Å²) < 4.78 is 0. The average Bonchev–Trinajstić information content (AvgIpc) is 2.26. The Morgan fingerprint density at radius 3 is 2.69 bits per heavy atom. The van der Waals surface area contributed by atoms with Gasteiger partial charge in [-0.25, -0.2) is 0 Å². The molecule has 0 aliphatic heterocycles. The van der Waals surface area contributed by atoms with Crippen molar-refractivity contribution in [2.24, 2.45) is 5.73 Å². The second-order valence-corrected chi connectivity index (χ2v) is 4.61. The van der Waals surface area contributed by atoms with E-state index in [1.165, 1.54) is 0 Å². The Balaban J connectivity index is 2.32. The van der Waals surface area contributed by atoms with E-state index in [0.29, 0.717) is 6.04 Å². The molecule has 0 spiro atoms. The molecule has 2 unspecified atom stereocenters. The number of aromatic nitrogens is 1. The molecule has 0 aliphatic rings. The highest BCUT2D eigenvalue weighted by Gasteiger charge is 2.10. The van der Waals surface area contributed by atoms with Crippen LogP contribution in [-0.4, -0.2) is 35.6 Å². The molecule has 1 heterocycles. The molecule has 1 aromatic rings. The summed E-state index contributed by atoms with van der Waals surface area (Å²) in [4.78, 5) is 6.66. The monoisotopic (exact) mass is 221 g/mol. The highest BCUT2D eigenvalue weighted by molar-refractivity contribution is 5.03. The molecule has 0 saturated heterocycles. The van der Waals surface area contributed by atoms with E-state index in [2.05, 4.69) is 36.8 Å². The second-order valence-electron chi connectivity index (χ2n) is 4.61. The van der Waals surface area contributed by atoms with Crippen molar-refractivity contribution in [1.29, 1.82) is 0 Å². The zero-order chi connectivity index (χ0) is 12.0. The summed E-state index contributed by atoms with van der Waals surface area (Å²) in [6.45, 7) is 5.32. The molecule has 16 heavy (non-hydrogen) atoms. The van der Waals surface area contributed by atoms with Gasteiger partial charge in [-0.05, 0) is 39.4 Å². The number of rotatable bonds is 6. The first kappa shape index (κ1) is 13.1. The molecule has 0 saturated carbocycles. The van der Waals surface area contributed by atoms with Crippen LogP contribution in [0.3, 0.4) is 0 Å². The van der Waals surface area contributed by atoms with Crippen LogP contribution in [0.5, 0.6) is 0 Å². The van der Waals surface area contributed by atoms with Gasteiger partial charge in [-0.1, -0.05) is 6.07 Å². The van der Waals surface area contributed by atoms with Gasteiger partial charge in [-0.15, -0.1) is 0 Å². The smallest absolute Gasteiger partial charge is 0.0416 e. The largest absolute Gasteiger partial charge is 0.328 e. The summed E-state index contributed by atoms with van der Waals surface area (Å²) in [6.07, 6.45) is 3.89. The number of nitrogens with zero attached hydrogens (tertiary/aromatic N) is 2. The van der Waals surface area contributed by atoms with E-state index < -0.39 is 0 Å². The zero-order valence-electron chi connectivity index (χ0n) is 10.6. The fourth-order valence-corrected chi connectivity index (χ4v) is 1.78. The Morgan fingerprint density at radius 1 is 1.38 bits per heavy atom. The third kappa shape index (κ3) is 4.73. The number of hydrogen-bond acceptors (Lipinski definition) is 3. The van der Waals surface area contributed by atoms with E-state index in [1.807, 2.05) is 18.3 Å². The van der Waals surface area contributed by atoms with E-state index in [-0.39, 0.29) is 6.04 Å². The van der Waals surface area contributed by atoms with Crippen LogP contribution in [0, 0.1) is 0 Å². The highest BCUT2D eigenvalue weighted by atomic mass is 15.1. The predicted molar refractivity (Wildman–Crippen MR) is 68.3 cm³/mol. The van der Waals surface area contributed by atoms with Gasteiger partial charge in [0, 0.05) is 36.9 Å². The first-order chi connectivity index (χ1) is 7.59. The van der Waals surface area contributed by atoms with Crippen molar-refractivity contribution in [2.45, 2.75) is 38.8 Å². The van der Waals surface area contributed by atoms with Crippen LogP contribution in [-0.2, 0) is 6.42 Å². The van der Waals surface area contributed by atoms with Crippen molar-refractivity contribution in [2.75, 3.05) is 13.6 Å².